The second-order valence-electron chi connectivity index (χ2n) is 5.57. The lowest BCUT2D eigenvalue weighted by atomic mass is 10.0. The lowest BCUT2D eigenvalue weighted by molar-refractivity contribution is 0.622. The summed E-state index contributed by atoms with van der Waals surface area (Å²) in [7, 11) is 3.93. The van der Waals surface area contributed by atoms with E-state index in [0.29, 0.717) is 10.2 Å². The van der Waals surface area contributed by atoms with Crippen LogP contribution < -0.4 is 5.32 Å². The third-order valence-electron chi connectivity index (χ3n) is 4.26. The fourth-order valence-corrected chi connectivity index (χ4v) is 3.70. The van der Waals surface area contributed by atoms with Crippen molar-refractivity contribution in [3.8, 4) is 11.4 Å². The van der Waals surface area contributed by atoms with Crippen LogP contribution in [0, 0.1) is 0 Å². The molecule has 3 aromatic heterocycles. The lowest BCUT2D eigenvalue weighted by Gasteiger charge is -2.14. The van der Waals surface area contributed by atoms with E-state index in [1.54, 1.807) is 4.68 Å². The summed E-state index contributed by atoms with van der Waals surface area (Å²) in [6, 6.07) is 1.95. The Morgan fingerprint density at radius 3 is 2.74 bits per heavy atom. The first-order valence-corrected chi connectivity index (χ1v) is 7.89. The highest BCUT2D eigenvalue weighted by atomic mass is 35.5. The van der Waals surface area contributed by atoms with Crippen LogP contribution >= 0.6 is 35.6 Å². The van der Waals surface area contributed by atoms with Gasteiger partial charge in [-0.1, -0.05) is 23.2 Å². The van der Waals surface area contributed by atoms with Gasteiger partial charge in [0.25, 0.3) is 0 Å². The SMILES string of the molecule is Cl.Cn1ccc(-c2nc(Cl)c(Cl)c3c2c2c(n3C)CCNC2)n1. The van der Waals surface area contributed by atoms with Crippen LogP contribution in [0.3, 0.4) is 0 Å². The molecule has 3 aromatic rings. The minimum absolute atomic E-state index is 0. The largest absolute Gasteiger partial charge is 0.346 e. The van der Waals surface area contributed by atoms with Gasteiger partial charge in [-0.3, -0.25) is 4.68 Å². The Kier molecular flexibility index (Phi) is 4.31. The van der Waals surface area contributed by atoms with Gasteiger partial charge in [-0.2, -0.15) is 5.10 Å². The number of nitrogens with one attached hydrogen (secondary N) is 1. The van der Waals surface area contributed by atoms with Crippen LogP contribution in [-0.2, 0) is 27.1 Å². The molecule has 0 saturated carbocycles. The maximum Gasteiger partial charge on any atom is 0.150 e. The fraction of sp³-hybridized carbons (Fsp3) is 0.333. The van der Waals surface area contributed by atoms with Crippen molar-refractivity contribution in [2.45, 2.75) is 13.0 Å². The Labute approximate surface area is 150 Å². The van der Waals surface area contributed by atoms with E-state index in [-0.39, 0.29) is 12.4 Å². The zero-order valence-electron chi connectivity index (χ0n) is 12.7. The molecule has 0 saturated heterocycles. The molecule has 0 aromatic carbocycles. The lowest BCUT2D eigenvalue weighted by Crippen LogP contribution is -2.24. The zero-order chi connectivity index (χ0) is 15.4. The Balaban J connectivity index is 0.00000156. The summed E-state index contributed by atoms with van der Waals surface area (Å²) in [6.07, 6.45) is 2.87. The number of pyridine rings is 1. The van der Waals surface area contributed by atoms with Gasteiger partial charge in [-0.05, 0) is 11.6 Å². The van der Waals surface area contributed by atoms with Crippen molar-refractivity contribution in [2.24, 2.45) is 14.1 Å². The Morgan fingerprint density at radius 2 is 2.04 bits per heavy atom. The molecule has 0 amide bonds. The Morgan fingerprint density at radius 1 is 1.26 bits per heavy atom. The first kappa shape index (κ1) is 16.6. The highest BCUT2D eigenvalue weighted by molar-refractivity contribution is 6.44. The molecule has 1 aliphatic heterocycles. The molecule has 4 heterocycles. The topological polar surface area (TPSA) is 47.7 Å². The van der Waals surface area contributed by atoms with Crippen LogP contribution in [0.2, 0.25) is 10.2 Å². The average Bonchev–Trinajstić information content (AvgIpc) is 3.06. The van der Waals surface area contributed by atoms with Crippen molar-refractivity contribution in [2.75, 3.05) is 6.54 Å². The van der Waals surface area contributed by atoms with Gasteiger partial charge in [-0.25, -0.2) is 4.98 Å². The number of fused-ring (bicyclic) bond motifs is 3. The summed E-state index contributed by atoms with van der Waals surface area (Å²) in [6.45, 7) is 1.78. The van der Waals surface area contributed by atoms with Gasteiger partial charge >= 0.3 is 0 Å². The van der Waals surface area contributed by atoms with Crippen molar-refractivity contribution < 1.29 is 0 Å². The van der Waals surface area contributed by atoms with E-state index < -0.39 is 0 Å². The van der Waals surface area contributed by atoms with E-state index in [9.17, 15) is 0 Å². The first-order valence-electron chi connectivity index (χ1n) is 7.13. The summed E-state index contributed by atoms with van der Waals surface area (Å²) in [5.41, 5.74) is 5.08. The molecule has 23 heavy (non-hydrogen) atoms. The number of hydrogen-bond donors (Lipinski definition) is 1. The van der Waals surface area contributed by atoms with E-state index >= 15 is 0 Å². The summed E-state index contributed by atoms with van der Waals surface area (Å²) in [4.78, 5) is 4.52. The smallest absolute Gasteiger partial charge is 0.150 e. The van der Waals surface area contributed by atoms with Crippen LogP contribution in [0.1, 0.15) is 11.3 Å². The van der Waals surface area contributed by atoms with Crippen LogP contribution in [0.25, 0.3) is 22.3 Å². The maximum absolute atomic E-state index is 6.45. The highest BCUT2D eigenvalue weighted by Gasteiger charge is 2.25. The number of nitrogens with zero attached hydrogens (tertiary/aromatic N) is 4. The molecule has 5 nitrogen and oxygen atoms in total. The summed E-state index contributed by atoms with van der Waals surface area (Å²) >= 11 is 12.7. The number of aryl methyl sites for hydroxylation is 2. The van der Waals surface area contributed by atoms with Gasteiger partial charge in [-0.15, -0.1) is 12.4 Å². The van der Waals surface area contributed by atoms with Crippen LogP contribution in [0.15, 0.2) is 12.3 Å². The maximum atomic E-state index is 6.45. The molecule has 0 bridgehead atoms. The summed E-state index contributed by atoms with van der Waals surface area (Å²) < 4.78 is 3.91. The van der Waals surface area contributed by atoms with Gasteiger partial charge in [0.1, 0.15) is 16.4 Å². The quantitative estimate of drug-likeness (QED) is 0.666. The Bertz CT molecular complexity index is 897. The Hall–Kier alpha value is -1.27. The van der Waals surface area contributed by atoms with Gasteiger partial charge in [0.2, 0.25) is 0 Å². The molecular formula is C15H16Cl3N5. The van der Waals surface area contributed by atoms with Crippen molar-refractivity contribution in [3.63, 3.8) is 0 Å². The minimum Gasteiger partial charge on any atom is -0.346 e. The molecule has 0 fully saturated rings. The number of rotatable bonds is 1. The molecular weight excluding hydrogens is 357 g/mol. The van der Waals surface area contributed by atoms with Crippen molar-refractivity contribution in [1.82, 2.24) is 24.6 Å². The second-order valence-corrected chi connectivity index (χ2v) is 6.31. The molecule has 0 unspecified atom stereocenters. The summed E-state index contributed by atoms with van der Waals surface area (Å²) in [5, 5.41) is 9.79. The van der Waals surface area contributed by atoms with E-state index in [1.807, 2.05) is 26.4 Å². The van der Waals surface area contributed by atoms with Gasteiger partial charge in [0.05, 0.1) is 5.52 Å². The predicted molar refractivity (Wildman–Crippen MR) is 95.6 cm³/mol. The van der Waals surface area contributed by atoms with E-state index in [2.05, 4.69) is 20.0 Å². The van der Waals surface area contributed by atoms with Gasteiger partial charge in [0, 0.05) is 50.9 Å². The fourth-order valence-electron chi connectivity index (χ4n) is 3.26. The molecule has 4 rings (SSSR count). The van der Waals surface area contributed by atoms with Crippen molar-refractivity contribution in [3.05, 3.63) is 33.7 Å². The number of halogens is 3. The third kappa shape index (κ3) is 2.43. The average molecular weight is 373 g/mol. The third-order valence-corrected chi connectivity index (χ3v) is 4.99. The second kappa shape index (κ2) is 5.98. The van der Waals surface area contributed by atoms with Crippen LogP contribution in [0.4, 0.5) is 0 Å². The van der Waals surface area contributed by atoms with Crippen LogP contribution in [-0.4, -0.2) is 25.9 Å². The monoisotopic (exact) mass is 371 g/mol. The molecule has 0 radical (unpaired) electrons. The number of aromatic nitrogens is 4. The van der Waals surface area contributed by atoms with E-state index in [1.165, 1.54) is 11.3 Å². The highest BCUT2D eigenvalue weighted by Crippen LogP contribution is 2.40. The molecule has 0 atom stereocenters. The van der Waals surface area contributed by atoms with E-state index in [0.717, 1.165) is 41.8 Å². The minimum atomic E-state index is 0. The standard InChI is InChI=1S/C15H15Cl2N5.ClH/c1-21-6-4-9(20-21)13-11-8-7-18-5-3-10(8)22(2)14(11)12(16)15(17)19-13;/h4,6,18H,3,5,7H2,1-2H3;1H. The van der Waals surface area contributed by atoms with E-state index in [4.69, 9.17) is 23.2 Å². The molecule has 8 heteroatoms. The van der Waals surface area contributed by atoms with Crippen molar-refractivity contribution >= 4 is 46.5 Å². The number of hydrogen-bond acceptors (Lipinski definition) is 3. The molecule has 1 aliphatic rings. The summed E-state index contributed by atoms with van der Waals surface area (Å²) in [5.74, 6) is 0. The normalized spacial score (nSPS) is 13.9. The molecule has 1 N–H and O–H groups in total. The first-order chi connectivity index (χ1) is 10.6. The molecule has 122 valence electrons. The van der Waals surface area contributed by atoms with Gasteiger partial charge < -0.3 is 9.88 Å². The predicted octanol–water partition coefficient (Wildman–Crippen LogP) is 3.35. The van der Waals surface area contributed by atoms with Crippen molar-refractivity contribution in [1.29, 1.82) is 0 Å². The molecule has 0 spiro atoms. The molecule has 0 aliphatic carbocycles. The van der Waals surface area contributed by atoms with Crippen LogP contribution in [0.5, 0.6) is 0 Å². The van der Waals surface area contributed by atoms with Gasteiger partial charge in [0.15, 0.2) is 5.15 Å². The zero-order valence-corrected chi connectivity index (χ0v) is 15.1.